The third-order valence-electron chi connectivity index (χ3n) is 3.92. The minimum Gasteiger partial charge on any atom is -0.396 e. The van der Waals surface area contributed by atoms with Crippen molar-refractivity contribution in [2.75, 3.05) is 19.7 Å². The number of halogens is 1. The maximum absolute atomic E-state index is 9.19. The van der Waals surface area contributed by atoms with Crippen LogP contribution in [0.25, 0.3) is 10.6 Å². The standard InChI is InChI=1S/C16H19ClN2OS/c17-7-15-11-21-16(18-15)14-3-1-12(2-4-14)8-19-6-5-13(9-19)10-20/h1-4,11,13,20H,5-10H2. The van der Waals surface area contributed by atoms with E-state index >= 15 is 0 Å². The molecule has 1 aliphatic heterocycles. The summed E-state index contributed by atoms with van der Waals surface area (Å²) >= 11 is 7.43. The minimum atomic E-state index is 0.308. The molecule has 2 aromatic rings. The Labute approximate surface area is 134 Å². The number of likely N-dealkylation sites (tertiary alicyclic amines) is 1. The molecule has 5 heteroatoms. The average molecular weight is 323 g/mol. The summed E-state index contributed by atoms with van der Waals surface area (Å²) in [7, 11) is 0. The van der Waals surface area contributed by atoms with Gasteiger partial charge in [0.25, 0.3) is 0 Å². The molecule has 112 valence electrons. The van der Waals surface area contributed by atoms with Gasteiger partial charge in [-0.2, -0.15) is 0 Å². The maximum Gasteiger partial charge on any atom is 0.123 e. The molecule has 1 aromatic carbocycles. The van der Waals surface area contributed by atoms with Crippen molar-refractivity contribution in [3.8, 4) is 10.6 Å². The Balaban J connectivity index is 1.64. The summed E-state index contributed by atoms with van der Waals surface area (Å²) in [5.41, 5.74) is 3.40. The summed E-state index contributed by atoms with van der Waals surface area (Å²) < 4.78 is 0. The number of hydrogen-bond acceptors (Lipinski definition) is 4. The monoisotopic (exact) mass is 322 g/mol. The summed E-state index contributed by atoms with van der Waals surface area (Å²) in [5, 5.41) is 12.2. The summed E-state index contributed by atoms with van der Waals surface area (Å²) in [5.74, 6) is 0.920. The molecule has 1 N–H and O–H groups in total. The number of hydrogen-bond donors (Lipinski definition) is 1. The molecule has 1 aliphatic rings. The van der Waals surface area contributed by atoms with Crippen LogP contribution < -0.4 is 0 Å². The number of alkyl halides is 1. The first-order valence-corrected chi connectivity index (χ1v) is 8.63. The van der Waals surface area contributed by atoms with E-state index in [1.54, 1.807) is 11.3 Å². The van der Waals surface area contributed by atoms with E-state index < -0.39 is 0 Å². The molecule has 1 aromatic heterocycles. The first-order chi connectivity index (χ1) is 10.3. The Kier molecular flexibility index (Phi) is 4.91. The molecule has 1 atom stereocenters. The van der Waals surface area contributed by atoms with Gasteiger partial charge in [0.15, 0.2) is 0 Å². The van der Waals surface area contributed by atoms with Crippen LogP contribution in [-0.4, -0.2) is 34.7 Å². The van der Waals surface area contributed by atoms with Crippen molar-refractivity contribution in [2.24, 2.45) is 5.92 Å². The van der Waals surface area contributed by atoms with E-state index in [0.29, 0.717) is 18.4 Å². The molecular formula is C16H19ClN2OS. The number of aliphatic hydroxyl groups excluding tert-OH is 1. The van der Waals surface area contributed by atoms with Gasteiger partial charge in [-0.15, -0.1) is 22.9 Å². The first kappa shape index (κ1) is 15.0. The van der Waals surface area contributed by atoms with E-state index in [1.807, 2.05) is 5.38 Å². The highest BCUT2D eigenvalue weighted by molar-refractivity contribution is 7.13. The van der Waals surface area contributed by atoms with Crippen molar-refractivity contribution in [1.29, 1.82) is 0 Å². The highest BCUT2D eigenvalue weighted by atomic mass is 35.5. The van der Waals surface area contributed by atoms with Crippen LogP contribution in [0.15, 0.2) is 29.6 Å². The molecule has 3 nitrogen and oxygen atoms in total. The Bertz CT molecular complexity index is 584. The molecule has 1 unspecified atom stereocenters. The summed E-state index contributed by atoms with van der Waals surface area (Å²) in [6, 6.07) is 8.60. The second-order valence-electron chi connectivity index (χ2n) is 5.55. The maximum atomic E-state index is 9.19. The fourth-order valence-corrected chi connectivity index (χ4v) is 3.77. The smallest absolute Gasteiger partial charge is 0.123 e. The zero-order valence-corrected chi connectivity index (χ0v) is 13.4. The van der Waals surface area contributed by atoms with Gasteiger partial charge in [0.2, 0.25) is 0 Å². The largest absolute Gasteiger partial charge is 0.396 e. The van der Waals surface area contributed by atoms with Crippen molar-refractivity contribution in [3.05, 3.63) is 40.9 Å². The van der Waals surface area contributed by atoms with Crippen LogP contribution in [0.1, 0.15) is 17.7 Å². The van der Waals surface area contributed by atoms with Gasteiger partial charge >= 0.3 is 0 Å². The zero-order chi connectivity index (χ0) is 14.7. The lowest BCUT2D eigenvalue weighted by molar-refractivity contribution is 0.220. The van der Waals surface area contributed by atoms with E-state index in [9.17, 15) is 5.11 Å². The van der Waals surface area contributed by atoms with Crippen LogP contribution in [0.4, 0.5) is 0 Å². The molecule has 0 spiro atoms. The molecule has 1 fully saturated rings. The summed E-state index contributed by atoms with van der Waals surface area (Å²) in [4.78, 5) is 6.91. The highest BCUT2D eigenvalue weighted by Crippen LogP contribution is 2.25. The Hall–Kier alpha value is -0.940. The molecule has 0 amide bonds. The molecule has 21 heavy (non-hydrogen) atoms. The lowest BCUT2D eigenvalue weighted by atomic mass is 10.1. The number of aliphatic hydroxyl groups is 1. The van der Waals surface area contributed by atoms with Crippen LogP contribution in [0.2, 0.25) is 0 Å². The Morgan fingerprint density at radius 1 is 1.33 bits per heavy atom. The number of nitrogens with zero attached hydrogens (tertiary/aromatic N) is 2. The molecule has 0 aliphatic carbocycles. The second kappa shape index (κ2) is 6.88. The minimum absolute atomic E-state index is 0.308. The Morgan fingerprint density at radius 3 is 2.76 bits per heavy atom. The topological polar surface area (TPSA) is 36.4 Å². The predicted octanol–water partition coefficient (Wildman–Crippen LogP) is 3.36. The summed E-state index contributed by atoms with van der Waals surface area (Å²) in [6.45, 7) is 3.35. The van der Waals surface area contributed by atoms with E-state index in [0.717, 1.165) is 42.3 Å². The van der Waals surface area contributed by atoms with Gasteiger partial charge in [0.05, 0.1) is 11.6 Å². The van der Waals surface area contributed by atoms with Gasteiger partial charge < -0.3 is 5.11 Å². The normalized spacial score (nSPS) is 19.2. The number of aromatic nitrogens is 1. The first-order valence-electron chi connectivity index (χ1n) is 7.21. The molecule has 0 saturated carbocycles. The molecule has 3 rings (SSSR count). The van der Waals surface area contributed by atoms with E-state index in [2.05, 4.69) is 34.1 Å². The second-order valence-corrected chi connectivity index (χ2v) is 6.67. The third kappa shape index (κ3) is 3.64. The van der Waals surface area contributed by atoms with Crippen LogP contribution in [0, 0.1) is 5.92 Å². The van der Waals surface area contributed by atoms with Crippen LogP contribution in [-0.2, 0) is 12.4 Å². The fourth-order valence-electron chi connectivity index (χ4n) is 2.72. The predicted molar refractivity (Wildman–Crippen MR) is 87.6 cm³/mol. The zero-order valence-electron chi connectivity index (χ0n) is 11.8. The fraction of sp³-hybridized carbons (Fsp3) is 0.438. The van der Waals surface area contributed by atoms with E-state index in [4.69, 9.17) is 11.6 Å². The molecule has 1 saturated heterocycles. The van der Waals surface area contributed by atoms with Crippen LogP contribution in [0.3, 0.4) is 0 Å². The molecule has 0 bridgehead atoms. The van der Waals surface area contributed by atoms with Gasteiger partial charge in [0.1, 0.15) is 5.01 Å². The van der Waals surface area contributed by atoms with Crippen LogP contribution >= 0.6 is 22.9 Å². The van der Waals surface area contributed by atoms with Crippen molar-refractivity contribution >= 4 is 22.9 Å². The van der Waals surface area contributed by atoms with Crippen LogP contribution in [0.5, 0.6) is 0 Å². The molecular weight excluding hydrogens is 304 g/mol. The van der Waals surface area contributed by atoms with Crippen molar-refractivity contribution in [3.63, 3.8) is 0 Å². The van der Waals surface area contributed by atoms with Gasteiger partial charge in [-0.25, -0.2) is 4.98 Å². The summed E-state index contributed by atoms with van der Waals surface area (Å²) in [6.07, 6.45) is 1.11. The third-order valence-corrected chi connectivity index (χ3v) is 5.14. The van der Waals surface area contributed by atoms with Crippen molar-refractivity contribution in [1.82, 2.24) is 9.88 Å². The van der Waals surface area contributed by atoms with Crippen molar-refractivity contribution in [2.45, 2.75) is 18.8 Å². The highest BCUT2D eigenvalue weighted by Gasteiger charge is 2.21. The lowest BCUT2D eigenvalue weighted by Crippen LogP contribution is -2.20. The van der Waals surface area contributed by atoms with Gasteiger partial charge in [-0.05, 0) is 24.4 Å². The molecule has 2 heterocycles. The number of thiazole rings is 1. The number of benzene rings is 1. The van der Waals surface area contributed by atoms with E-state index in [1.165, 1.54) is 5.56 Å². The van der Waals surface area contributed by atoms with Crippen molar-refractivity contribution < 1.29 is 5.11 Å². The van der Waals surface area contributed by atoms with Gasteiger partial charge in [-0.3, -0.25) is 4.90 Å². The van der Waals surface area contributed by atoms with E-state index in [-0.39, 0.29) is 0 Å². The Morgan fingerprint density at radius 2 is 2.14 bits per heavy atom. The molecule has 0 radical (unpaired) electrons. The SMILES string of the molecule is OCC1CCN(Cc2ccc(-c3nc(CCl)cs3)cc2)C1. The van der Waals surface area contributed by atoms with Gasteiger partial charge in [-0.1, -0.05) is 24.3 Å². The number of rotatable bonds is 5. The lowest BCUT2D eigenvalue weighted by Gasteiger charge is -2.15. The quantitative estimate of drug-likeness (QED) is 0.857. The average Bonchev–Trinajstić information content (AvgIpc) is 3.17. The van der Waals surface area contributed by atoms with Gasteiger partial charge in [0, 0.05) is 30.6 Å².